The molecule has 14 heavy (non-hydrogen) atoms. The average molecular weight is 240 g/mol. The fourth-order valence-electron chi connectivity index (χ4n) is 0.926. The molecule has 0 saturated carbocycles. The van der Waals surface area contributed by atoms with Gasteiger partial charge < -0.3 is 0 Å². The summed E-state index contributed by atoms with van der Waals surface area (Å²) in [5, 5.41) is 4.14. The Hall–Kier alpha value is -0.810. The fourth-order valence-corrected chi connectivity index (χ4v) is 1.38. The SMILES string of the molecule is CN(C(=O)C(F)Cl)c1nn(C)cc1Cl. The van der Waals surface area contributed by atoms with Crippen molar-refractivity contribution in [3.63, 3.8) is 0 Å². The first kappa shape index (κ1) is 11.3. The molecule has 0 aliphatic rings. The van der Waals surface area contributed by atoms with E-state index in [9.17, 15) is 9.18 Å². The highest BCUT2D eigenvalue weighted by atomic mass is 35.5. The first-order valence-electron chi connectivity index (χ1n) is 3.68. The molecule has 0 aromatic carbocycles. The van der Waals surface area contributed by atoms with E-state index in [0.717, 1.165) is 4.90 Å². The third kappa shape index (κ3) is 2.16. The second-order valence-corrected chi connectivity index (χ2v) is 3.46. The topological polar surface area (TPSA) is 38.1 Å². The second kappa shape index (κ2) is 4.14. The molecule has 0 saturated heterocycles. The van der Waals surface area contributed by atoms with Gasteiger partial charge in [0.05, 0.1) is 0 Å². The van der Waals surface area contributed by atoms with Crippen molar-refractivity contribution in [2.45, 2.75) is 5.63 Å². The van der Waals surface area contributed by atoms with Gasteiger partial charge >= 0.3 is 0 Å². The number of hydrogen-bond donors (Lipinski definition) is 0. The lowest BCUT2D eigenvalue weighted by Crippen LogP contribution is -2.32. The van der Waals surface area contributed by atoms with Crippen LogP contribution in [0.15, 0.2) is 6.20 Å². The van der Waals surface area contributed by atoms with Crippen LogP contribution in [0.4, 0.5) is 10.2 Å². The van der Waals surface area contributed by atoms with Crippen LogP contribution in [0.25, 0.3) is 0 Å². The second-order valence-electron chi connectivity index (χ2n) is 2.67. The van der Waals surface area contributed by atoms with E-state index < -0.39 is 11.5 Å². The molecule has 0 spiro atoms. The maximum Gasteiger partial charge on any atom is 0.278 e. The number of hydrogen-bond acceptors (Lipinski definition) is 2. The van der Waals surface area contributed by atoms with Crippen LogP contribution in [0.1, 0.15) is 0 Å². The molecule has 1 atom stereocenters. The molecule has 1 amide bonds. The molecule has 4 nitrogen and oxygen atoms in total. The van der Waals surface area contributed by atoms with E-state index in [-0.39, 0.29) is 10.8 Å². The summed E-state index contributed by atoms with van der Waals surface area (Å²) < 4.78 is 13.9. The minimum Gasteiger partial charge on any atom is -0.294 e. The molecule has 1 unspecified atom stereocenters. The first-order valence-corrected chi connectivity index (χ1v) is 4.49. The van der Waals surface area contributed by atoms with Gasteiger partial charge in [-0.05, 0) is 0 Å². The molecule has 1 rings (SSSR count). The quantitative estimate of drug-likeness (QED) is 0.736. The number of anilines is 1. The standard InChI is InChI=1S/C7H8Cl2FN3O/c1-12-3-4(8)6(11-12)13(2)7(14)5(9)10/h3,5H,1-2H3. The zero-order valence-electron chi connectivity index (χ0n) is 7.54. The normalized spacial score (nSPS) is 12.6. The molecule has 1 aromatic rings. The molecular weight excluding hydrogens is 232 g/mol. The van der Waals surface area contributed by atoms with E-state index in [2.05, 4.69) is 5.10 Å². The Labute approximate surface area is 90.2 Å². The highest BCUT2D eigenvalue weighted by Gasteiger charge is 2.23. The number of alkyl halides is 2. The summed E-state index contributed by atoms with van der Waals surface area (Å²) in [6, 6.07) is 0. The lowest BCUT2D eigenvalue weighted by atomic mass is 10.5. The van der Waals surface area contributed by atoms with Crippen molar-refractivity contribution in [1.82, 2.24) is 9.78 Å². The van der Waals surface area contributed by atoms with Crippen LogP contribution in [0.3, 0.4) is 0 Å². The molecule has 1 heterocycles. The van der Waals surface area contributed by atoms with Gasteiger partial charge in [-0.1, -0.05) is 23.2 Å². The van der Waals surface area contributed by atoms with Crippen molar-refractivity contribution in [2.24, 2.45) is 7.05 Å². The molecule has 0 bridgehead atoms. The van der Waals surface area contributed by atoms with Gasteiger partial charge in [0.1, 0.15) is 5.02 Å². The predicted molar refractivity (Wildman–Crippen MR) is 52.4 cm³/mol. The largest absolute Gasteiger partial charge is 0.294 e. The Morgan fingerprint density at radius 3 is 2.71 bits per heavy atom. The predicted octanol–water partition coefficient (Wildman–Crippen LogP) is 1.57. The lowest BCUT2D eigenvalue weighted by Gasteiger charge is -2.14. The van der Waals surface area contributed by atoms with Crippen molar-refractivity contribution in [3.8, 4) is 0 Å². The van der Waals surface area contributed by atoms with Gasteiger partial charge in [-0.25, -0.2) is 4.39 Å². The summed E-state index contributed by atoms with van der Waals surface area (Å²) in [7, 11) is 2.99. The molecule has 78 valence electrons. The van der Waals surface area contributed by atoms with Crippen LogP contribution in [0.5, 0.6) is 0 Å². The molecule has 0 aliphatic heterocycles. The zero-order chi connectivity index (χ0) is 10.9. The average Bonchev–Trinajstić information content (AvgIpc) is 2.42. The Bertz CT molecular complexity index is 353. The van der Waals surface area contributed by atoms with Crippen molar-refractivity contribution in [3.05, 3.63) is 11.2 Å². The highest BCUT2D eigenvalue weighted by molar-refractivity contribution is 6.35. The summed E-state index contributed by atoms with van der Waals surface area (Å²) in [4.78, 5) is 12.1. The molecule has 0 aliphatic carbocycles. The van der Waals surface area contributed by atoms with Crippen molar-refractivity contribution >= 4 is 34.9 Å². The van der Waals surface area contributed by atoms with Gasteiger partial charge in [0.15, 0.2) is 5.82 Å². The number of amides is 1. The van der Waals surface area contributed by atoms with E-state index in [4.69, 9.17) is 23.2 Å². The van der Waals surface area contributed by atoms with Gasteiger partial charge in [0.2, 0.25) is 0 Å². The molecule has 0 N–H and O–H groups in total. The van der Waals surface area contributed by atoms with Crippen molar-refractivity contribution in [2.75, 3.05) is 11.9 Å². The van der Waals surface area contributed by atoms with Crippen molar-refractivity contribution < 1.29 is 9.18 Å². The first-order chi connectivity index (χ1) is 6.43. The number of aryl methyl sites for hydroxylation is 1. The Balaban J connectivity index is 2.94. The maximum absolute atomic E-state index is 12.5. The minimum atomic E-state index is -2.09. The third-order valence-electron chi connectivity index (χ3n) is 1.60. The summed E-state index contributed by atoms with van der Waals surface area (Å²) in [5.74, 6) is -0.713. The maximum atomic E-state index is 12.5. The smallest absolute Gasteiger partial charge is 0.278 e. The van der Waals surface area contributed by atoms with Gasteiger partial charge in [0, 0.05) is 20.3 Å². The molecular formula is C7H8Cl2FN3O. The van der Waals surface area contributed by atoms with Gasteiger partial charge in [0.25, 0.3) is 11.5 Å². The Morgan fingerprint density at radius 2 is 2.36 bits per heavy atom. The van der Waals surface area contributed by atoms with Crippen LogP contribution in [-0.4, -0.2) is 28.4 Å². The number of aromatic nitrogens is 2. The van der Waals surface area contributed by atoms with Crippen LogP contribution in [0, 0.1) is 0 Å². The van der Waals surface area contributed by atoms with E-state index in [1.54, 1.807) is 7.05 Å². The van der Waals surface area contributed by atoms with Crippen LogP contribution in [0.2, 0.25) is 5.02 Å². The van der Waals surface area contributed by atoms with Crippen LogP contribution >= 0.6 is 23.2 Å². The summed E-state index contributed by atoms with van der Waals surface area (Å²) in [6.45, 7) is 0. The van der Waals surface area contributed by atoms with Crippen LogP contribution in [-0.2, 0) is 11.8 Å². The van der Waals surface area contributed by atoms with E-state index >= 15 is 0 Å². The number of halogens is 3. The van der Waals surface area contributed by atoms with Crippen LogP contribution < -0.4 is 4.90 Å². The van der Waals surface area contributed by atoms with Gasteiger partial charge in [-0.2, -0.15) is 5.10 Å². The minimum absolute atomic E-state index is 0.183. The molecule has 7 heteroatoms. The third-order valence-corrected chi connectivity index (χ3v) is 2.05. The Morgan fingerprint density at radius 1 is 1.79 bits per heavy atom. The summed E-state index contributed by atoms with van der Waals surface area (Å²) in [5.41, 5.74) is -2.09. The zero-order valence-corrected chi connectivity index (χ0v) is 9.05. The van der Waals surface area contributed by atoms with Gasteiger partial charge in [-0.15, -0.1) is 0 Å². The molecule has 0 radical (unpaired) electrons. The summed E-state index contributed by atoms with van der Waals surface area (Å²) in [6.07, 6.45) is 1.50. The molecule has 0 fully saturated rings. The number of nitrogens with zero attached hydrogens (tertiary/aromatic N) is 3. The number of carbonyl (C=O) groups is 1. The number of rotatable bonds is 2. The van der Waals surface area contributed by atoms with Gasteiger partial charge in [-0.3, -0.25) is 14.4 Å². The lowest BCUT2D eigenvalue weighted by molar-refractivity contribution is -0.120. The van der Waals surface area contributed by atoms with E-state index in [1.165, 1.54) is 17.9 Å². The summed E-state index contributed by atoms with van der Waals surface area (Å²) >= 11 is 10.7. The fraction of sp³-hybridized carbons (Fsp3) is 0.429. The van der Waals surface area contributed by atoms with E-state index in [1.807, 2.05) is 0 Å². The van der Waals surface area contributed by atoms with E-state index in [0.29, 0.717) is 0 Å². The molecule has 1 aromatic heterocycles. The van der Waals surface area contributed by atoms with Crippen molar-refractivity contribution in [1.29, 1.82) is 0 Å². The Kier molecular flexibility index (Phi) is 3.34. The highest BCUT2D eigenvalue weighted by Crippen LogP contribution is 2.23. The monoisotopic (exact) mass is 239 g/mol. The number of carbonyl (C=O) groups excluding carboxylic acids is 1.